The Labute approximate surface area is 181 Å². The summed E-state index contributed by atoms with van der Waals surface area (Å²) in [5.41, 5.74) is 4.09. The summed E-state index contributed by atoms with van der Waals surface area (Å²) in [7, 11) is 0. The van der Waals surface area contributed by atoms with Crippen molar-refractivity contribution in [1.29, 1.82) is 0 Å². The molecule has 1 heterocycles. The highest BCUT2D eigenvalue weighted by Crippen LogP contribution is 2.25. The number of nitrogens with zero attached hydrogens (tertiary/aromatic N) is 1. The Kier molecular flexibility index (Phi) is 7.99. The maximum Gasteiger partial charge on any atom is 0.335 e. The van der Waals surface area contributed by atoms with Gasteiger partial charge in [0, 0.05) is 24.0 Å². The van der Waals surface area contributed by atoms with E-state index in [1.165, 1.54) is 0 Å². The third kappa shape index (κ3) is 5.90. The highest BCUT2D eigenvalue weighted by Gasteiger charge is 2.21. The fourth-order valence-electron chi connectivity index (χ4n) is 3.08. The smallest absolute Gasteiger partial charge is 0.335 e. The summed E-state index contributed by atoms with van der Waals surface area (Å²) in [6, 6.07) is 16.0. The van der Waals surface area contributed by atoms with Crippen molar-refractivity contribution in [2.75, 3.05) is 13.2 Å². The van der Waals surface area contributed by atoms with Gasteiger partial charge in [0.25, 0.3) is 0 Å². The number of benzene rings is 2. The molecule has 1 aromatic heterocycles. The van der Waals surface area contributed by atoms with Gasteiger partial charge in [-0.1, -0.05) is 36.4 Å². The molecule has 0 N–H and O–H groups in total. The topological polar surface area (TPSA) is 57.7 Å². The quantitative estimate of drug-likeness (QED) is 0.418. The zero-order valence-corrected chi connectivity index (χ0v) is 18.4. The Balaban J connectivity index is 1.61. The minimum absolute atomic E-state index is 0.322. The number of hydrogen-bond donors (Lipinski definition) is 0. The van der Waals surface area contributed by atoms with Crippen LogP contribution >= 0.6 is 11.3 Å². The van der Waals surface area contributed by atoms with Crippen LogP contribution in [0.15, 0.2) is 53.9 Å². The predicted molar refractivity (Wildman–Crippen MR) is 119 cm³/mol. The fraction of sp³-hybridized carbons (Fsp3) is 0.333. The fourth-order valence-corrected chi connectivity index (χ4v) is 3.89. The lowest BCUT2D eigenvalue weighted by Crippen LogP contribution is -2.29. The van der Waals surface area contributed by atoms with Crippen molar-refractivity contribution in [2.45, 2.75) is 39.9 Å². The number of carbonyl (C=O) groups excluding carboxylic acids is 1. The van der Waals surface area contributed by atoms with Crippen molar-refractivity contribution >= 4 is 17.3 Å². The average Bonchev–Trinajstić information content (AvgIpc) is 3.23. The molecule has 3 rings (SSSR count). The molecule has 158 valence electrons. The lowest BCUT2D eigenvalue weighted by molar-refractivity contribution is -0.156. The summed E-state index contributed by atoms with van der Waals surface area (Å²) in [5, 5.41) is 3.01. The summed E-state index contributed by atoms with van der Waals surface area (Å²) in [6.07, 6.45) is -0.113. The lowest BCUT2D eigenvalue weighted by Gasteiger charge is -2.17. The second-order valence-corrected chi connectivity index (χ2v) is 7.65. The first-order chi connectivity index (χ1) is 14.6. The molecule has 0 bridgehead atoms. The van der Waals surface area contributed by atoms with Gasteiger partial charge in [-0.25, -0.2) is 9.78 Å². The zero-order valence-electron chi connectivity index (χ0n) is 17.6. The van der Waals surface area contributed by atoms with E-state index < -0.39 is 6.10 Å². The van der Waals surface area contributed by atoms with Crippen LogP contribution in [0.25, 0.3) is 10.6 Å². The molecule has 1 unspecified atom stereocenters. The number of hydrogen-bond acceptors (Lipinski definition) is 6. The Morgan fingerprint density at radius 3 is 2.60 bits per heavy atom. The largest absolute Gasteiger partial charge is 0.487 e. The number of aryl methyl sites for hydroxylation is 1. The second kappa shape index (κ2) is 10.9. The Bertz CT molecular complexity index is 955. The molecule has 6 heteroatoms. The van der Waals surface area contributed by atoms with Gasteiger partial charge in [-0.2, -0.15) is 0 Å². The molecule has 0 saturated heterocycles. The Morgan fingerprint density at radius 1 is 1.10 bits per heavy atom. The van der Waals surface area contributed by atoms with E-state index in [0.29, 0.717) is 26.2 Å². The maximum absolute atomic E-state index is 12.1. The van der Waals surface area contributed by atoms with Gasteiger partial charge in [0.1, 0.15) is 17.4 Å². The molecule has 30 heavy (non-hydrogen) atoms. The molecule has 0 aliphatic carbocycles. The summed E-state index contributed by atoms with van der Waals surface area (Å²) >= 11 is 1.61. The van der Waals surface area contributed by atoms with Crippen LogP contribution in [-0.2, 0) is 27.3 Å². The third-order valence-electron chi connectivity index (χ3n) is 4.60. The molecule has 0 saturated carbocycles. The number of aromatic nitrogens is 1. The SMILES string of the molecule is CCOC(=O)C(Cc1ccc(OCc2csc(-c3ccccc3)n2)cc1C)OCC. The van der Waals surface area contributed by atoms with Gasteiger partial charge < -0.3 is 14.2 Å². The van der Waals surface area contributed by atoms with E-state index in [-0.39, 0.29) is 5.97 Å². The van der Waals surface area contributed by atoms with Gasteiger partial charge in [-0.3, -0.25) is 0 Å². The van der Waals surface area contributed by atoms with Crippen molar-refractivity contribution in [1.82, 2.24) is 4.98 Å². The molecule has 0 radical (unpaired) electrons. The molecule has 3 aromatic rings. The van der Waals surface area contributed by atoms with E-state index in [1.807, 2.05) is 55.6 Å². The highest BCUT2D eigenvalue weighted by molar-refractivity contribution is 7.13. The molecule has 1 atom stereocenters. The average molecular weight is 426 g/mol. The van der Waals surface area contributed by atoms with Gasteiger partial charge in [0.05, 0.1) is 12.3 Å². The van der Waals surface area contributed by atoms with Gasteiger partial charge in [0.15, 0.2) is 6.10 Å². The molecule has 0 aliphatic heterocycles. The van der Waals surface area contributed by atoms with Crippen LogP contribution in [0.3, 0.4) is 0 Å². The van der Waals surface area contributed by atoms with Gasteiger partial charge in [0.2, 0.25) is 0 Å². The van der Waals surface area contributed by atoms with E-state index in [2.05, 4.69) is 17.1 Å². The van der Waals surface area contributed by atoms with Gasteiger partial charge in [-0.15, -0.1) is 11.3 Å². The minimum atomic E-state index is -0.591. The molecular weight excluding hydrogens is 398 g/mol. The monoisotopic (exact) mass is 425 g/mol. The van der Waals surface area contributed by atoms with Crippen molar-refractivity contribution in [3.05, 3.63) is 70.7 Å². The van der Waals surface area contributed by atoms with Crippen LogP contribution < -0.4 is 4.74 Å². The Morgan fingerprint density at radius 2 is 1.90 bits per heavy atom. The summed E-state index contributed by atoms with van der Waals surface area (Å²) < 4.78 is 16.6. The first-order valence-electron chi connectivity index (χ1n) is 10.1. The molecule has 2 aromatic carbocycles. The van der Waals surface area contributed by atoms with E-state index in [0.717, 1.165) is 33.1 Å². The normalized spacial score (nSPS) is 11.8. The van der Waals surface area contributed by atoms with Gasteiger partial charge >= 0.3 is 5.97 Å². The molecule has 5 nitrogen and oxygen atoms in total. The van der Waals surface area contributed by atoms with Crippen LogP contribution in [0.2, 0.25) is 0 Å². The number of ether oxygens (including phenoxy) is 3. The van der Waals surface area contributed by atoms with Crippen LogP contribution in [-0.4, -0.2) is 30.3 Å². The summed E-state index contributed by atoms with van der Waals surface area (Å²) in [4.78, 5) is 16.8. The second-order valence-electron chi connectivity index (χ2n) is 6.79. The van der Waals surface area contributed by atoms with Crippen LogP contribution in [0.5, 0.6) is 5.75 Å². The van der Waals surface area contributed by atoms with E-state index >= 15 is 0 Å². The number of thiazole rings is 1. The first kappa shape index (κ1) is 22.0. The summed E-state index contributed by atoms with van der Waals surface area (Å²) in [5.74, 6) is 0.450. The third-order valence-corrected chi connectivity index (χ3v) is 5.54. The lowest BCUT2D eigenvalue weighted by atomic mass is 10.0. The molecular formula is C24H27NO4S. The molecule has 0 spiro atoms. The van der Waals surface area contributed by atoms with Crippen molar-refractivity contribution in [3.8, 4) is 16.3 Å². The minimum Gasteiger partial charge on any atom is -0.487 e. The van der Waals surface area contributed by atoms with E-state index in [4.69, 9.17) is 14.2 Å². The first-order valence-corrected chi connectivity index (χ1v) is 11.0. The predicted octanol–water partition coefficient (Wildman–Crippen LogP) is 5.21. The molecule has 0 fully saturated rings. The maximum atomic E-state index is 12.1. The van der Waals surface area contributed by atoms with Crippen molar-refractivity contribution < 1.29 is 19.0 Å². The van der Waals surface area contributed by atoms with Crippen molar-refractivity contribution in [2.24, 2.45) is 0 Å². The highest BCUT2D eigenvalue weighted by atomic mass is 32.1. The standard InChI is InChI=1S/C24H27NO4S/c1-4-27-22(24(26)28-5-2)14-19-11-12-21(13-17(19)3)29-15-20-16-30-23(25-20)18-9-7-6-8-10-18/h6-13,16,22H,4-5,14-15H2,1-3H3. The molecule has 0 amide bonds. The van der Waals surface area contributed by atoms with Crippen LogP contribution in [0.1, 0.15) is 30.7 Å². The number of rotatable bonds is 10. The Hall–Kier alpha value is -2.70. The van der Waals surface area contributed by atoms with E-state index in [9.17, 15) is 4.79 Å². The van der Waals surface area contributed by atoms with Gasteiger partial charge in [-0.05, 0) is 44.0 Å². The molecule has 0 aliphatic rings. The summed E-state index contributed by atoms with van der Waals surface area (Å²) in [6.45, 7) is 6.89. The van der Waals surface area contributed by atoms with Crippen molar-refractivity contribution in [3.63, 3.8) is 0 Å². The number of carbonyl (C=O) groups is 1. The van der Waals surface area contributed by atoms with Crippen LogP contribution in [0, 0.1) is 6.92 Å². The zero-order chi connectivity index (χ0) is 21.3. The van der Waals surface area contributed by atoms with Crippen LogP contribution in [0.4, 0.5) is 0 Å². The van der Waals surface area contributed by atoms with E-state index in [1.54, 1.807) is 18.3 Å². The number of esters is 1.